The smallest absolute Gasteiger partial charge is 0.128 e. The van der Waals surface area contributed by atoms with Crippen molar-refractivity contribution < 1.29 is 0 Å². The fourth-order valence-corrected chi connectivity index (χ4v) is 1.78. The van der Waals surface area contributed by atoms with Crippen LogP contribution in [0.25, 0.3) is 0 Å². The highest BCUT2D eigenvalue weighted by atomic mass is 15.3. The molecule has 0 N–H and O–H groups in total. The third-order valence-corrected chi connectivity index (χ3v) is 2.47. The number of piperidine rings is 1. The maximum atomic E-state index is 4.12. The summed E-state index contributed by atoms with van der Waals surface area (Å²) in [4.78, 5) is 6.53. The van der Waals surface area contributed by atoms with Crippen LogP contribution < -0.4 is 4.90 Å². The Balaban J connectivity index is 2.13. The van der Waals surface area contributed by atoms with Crippen LogP contribution in [0.1, 0.15) is 19.3 Å². The van der Waals surface area contributed by atoms with Crippen molar-refractivity contribution in [2.45, 2.75) is 19.3 Å². The minimum atomic E-state index is 1.19. The van der Waals surface area contributed by atoms with Crippen LogP contribution in [0, 0.1) is 0 Å². The van der Waals surface area contributed by atoms with Crippen molar-refractivity contribution in [2.24, 2.45) is 7.05 Å². The highest BCUT2D eigenvalue weighted by Gasteiger charge is 2.12. The zero-order valence-electron chi connectivity index (χ0n) is 7.53. The van der Waals surface area contributed by atoms with Crippen LogP contribution >= 0.6 is 0 Å². The minimum Gasteiger partial charge on any atom is -0.357 e. The summed E-state index contributed by atoms with van der Waals surface area (Å²) in [5.74, 6) is 1.26. The van der Waals surface area contributed by atoms with E-state index >= 15 is 0 Å². The van der Waals surface area contributed by atoms with Gasteiger partial charge >= 0.3 is 0 Å². The normalized spacial score (nSPS) is 18.2. The largest absolute Gasteiger partial charge is 0.357 e. The van der Waals surface area contributed by atoms with Crippen molar-refractivity contribution in [3.05, 3.63) is 12.5 Å². The van der Waals surface area contributed by atoms with Crippen LogP contribution in [-0.2, 0) is 7.05 Å². The van der Waals surface area contributed by atoms with Crippen molar-refractivity contribution >= 4 is 5.82 Å². The van der Waals surface area contributed by atoms with E-state index < -0.39 is 0 Å². The number of imidazole rings is 1. The molecule has 3 heteroatoms. The van der Waals surface area contributed by atoms with Gasteiger partial charge in [0.15, 0.2) is 0 Å². The number of nitrogens with zero attached hydrogens (tertiary/aromatic N) is 3. The molecule has 2 rings (SSSR count). The number of aromatic nitrogens is 2. The van der Waals surface area contributed by atoms with Crippen LogP contribution in [0.15, 0.2) is 12.5 Å². The Morgan fingerprint density at radius 2 is 2.00 bits per heavy atom. The third-order valence-electron chi connectivity index (χ3n) is 2.47. The molecule has 0 aliphatic carbocycles. The van der Waals surface area contributed by atoms with Crippen molar-refractivity contribution in [3.63, 3.8) is 0 Å². The van der Waals surface area contributed by atoms with Gasteiger partial charge in [-0.25, -0.2) is 4.98 Å². The predicted octanol–water partition coefficient (Wildman–Crippen LogP) is 1.41. The summed E-state index contributed by atoms with van der Waals surface area (Å²) in [6.45, 7) is 2.39. The molecule has 3 nitrogen and oxygen atoms in total. The van der Waals surface area contributed by atoms with E-state index in [9.17, 15) is 0 Å². The lowest BCUT2D eigenvalue weighted by Gasteiger charge is -2.28. The van der Waals surface area contributed by atoms with E-state index in [0.717, 1.165) is 0 Å². The maximum Gasteiger partial charge on any atom is 0.128 e. The molecule has 1 aliphatic heterocycles. The Morgan fingerprint density at radius 1 is 1.25 bits per heavy atom. The van der Waals surface area contributed by atoms with Crippen molar-refractivity contribution in [3.8, 4) is 0 Å². The summed E-state index contributed by atoms with van der Waals surface area (Å²) in [7, 11) is 2.05. The van der Waals surface area contributed by atoms with Gasteiger partial charge in [-0.3, -0.25) is 0 Å². The number of hydrogen-bond donors (Lipinski definition) is 0. The average molecular weight is 165 g/mol. The Bertz CT molecular complexity index is 248. The molecule has 2 heterocycles. The van der Waals surface area contributed by atoms with Gasteiger partial charge in [-0.2, -0.15) is 0 Å². The van der Waals surface area contributed by atoms with Gasteiger partial charge in [-0.15, -0.1) is 0 Å². The molecule has 0 saturated carbocycles. The van der Waals surface area contributed by atoms with E-state index in [2.05, 4.69) is 21.5 Å². The standard InChI is InChI=1S/C9H15N3/c1-11-8-10-7-9(11)12-5-3-2-4-6-12/h7-8H,2-6H2,1H3. The SMILES string of the molecule is Cn1cncc1N1CCCCC1. The zero-order chi connectivity index (χ0) is 8.39. The first-order valence-corrected chi connectivity index (χ1v) is 4.59. The van der Waals surface area contributed by atoms with E-state index in [1.807, 2.05) is 12.5 Å². The lowest BCUT2D eigenvalue weighted by Crippen LogP contribution is -2.30. The van der Waals surface area contributed by atoms with Crippen LogP contribution in [0.3, 0.4) is 0 Å². The molecule has 0 bridgehead atoms. The quantitative estimate of drug-likeness (QED) is 0.627. The van der Waals surface area contributed by atoms with Crippen molar-refractivity contribution in [2.75, 3.05) is 18.0 Å². The molecule has 0 amide bonds. The maximum absolute atomic E-state index is 4.12. The summed E-state index contributed by atoms with van der Waals surface area (Å²) in [6.07, 6.45) is 7.85. The van der Waals surface area contributed by atoms with E-state index in [0.29, 0.717) is 0 Å². The second-order valence-electron chi connectivity index (χ2n) is 3.41. The van der Waals surface area contributed by atoms with Crippen molar-refractivity contribution in [1.82, 2.24) is 9.55 Å². The topological polar surface area (TPSA) is 21.1 Å². The van der Waals surface area contributed by atoms with Crippen molar-refractivity contribution in [1.29, 1.82) is 0 Å². The molecule has 0 aromatic carbocycles. The van der Waals surface area contributed by atoms with E-state index in [1.54, 1.807) is 0 Å². The molecule has 0 unspecified atom stereocenters. The second kappa shape index (κ2) is 3.17. The van der Waals surface area contributed by atoms with Gasteiger partial charge in [-0.05, 0) is 19.3 Å². The fourth-order valence-electron chi connectivity index (χ4n) is 1.78. The summed E-state index contributed by atoms with van der Waals surface area (Å²) in [5, 5.41) is 0. The predicted molar refractivity (Wildman–Crippen MR) is 49.3 cm³/mol. The highest BCUT2D eigenvalue weighted by molar-refractivity contribution is 5.37. The first-order chi connectivity index (χ1) is 5.88. The van der Waals surface area contributed by atoms with Gasteiger partial charge in [0.1, 0.15) is 5.82 Å². The van der Waals surface area contributed by atoms with Crippen LogP contribution in [0.4, 0.5) is 5.82 Å². The number of anilines is 1. The van der Waals surface area contributed by atoms with Gasteiger partial charge in [0.05, 0.1) is 12.5 Å². The molecule has 1 aliphatic rings. The molecular formula is C9H15N3. The summed E-state index contributed by atoms with van der Waals surface area (Å²) >= 11 is 0. The molecule has 66 valence electrons. The highest BCUT2D eigenvalue weighted by Crippen LogP contribution is 2.17. The molecule has 12 heavy (non-hydrogen) atoms. The second-order valence-corrected chi connectivity index (χ2v) is 3.41. The molecule has 0 radical (unpaired) electrons. The molecule has 1 aromatic heterocycles. The zero-order valence-corrected chi connectivity index (χ0v) is 7.53. The van der Waals surface area contributed by atoms with E-state index in [-0.39, 0.29) is 0 Å². The van der Waals surface area contributed by atoms with Gasteiger partial charge in [0, 0.05) is 20.1 Å². The van der Waals surface area contributed by atoms with E-state index in [1.165, 1.54) is 38.2 Å². The van der Waals surface area contributed by atoms with Gasteiger partial charge in [0.25, 0.3) is 0 Å². The van der Waals surface area contributed by atoms with Gasteiger partial charge in [0.2, 0.25) is 0 Å². The summed E-state index contributed by atoms with van der Waals surface area (Å²) in [5.41, 5.74) is 0. The molecule has 1 fully saturated rings. The first-order valence-electron chi connectivity index (χ1n) is 4.59. The molecular weight excluding hydrogens is 150 g/mol. The summed E-state index contributed by atoms with van der Waals surface area (Å²) in [6, 6.07) is 0. The van der Waals surface area contributed by atoms with Gasteiger partial charge < -0.3 is 9.47 Å². The first kappa shape index (κ1) is 7.65. The Morgan fingerprint density at radius 3 is 2.58 bits per heavy atom. The Hall–Kier alpha value is -0.990. The Labute approximate surface area is 73.0 Å². The number of rotatable bonds is 1. The molecule has 1 aromatic rings. The van der Waals surface area contributed by atoms with Crippen LogP contribution in [-0.4, -0.2) is 22.6 Å². The number of aryl methyl sites for hydroxylation is 1. The Kier molecular flexibility index (Phi) is 2.02. The van der Waals surface area contributed by atoms with Gasteiger partial charge in [-0.1, -0.05) is 0 Å². The monoisotopic (exact) mass is 165 g/mol. The molecule has 0 spiro atoms. The lowest BCUT2D eigenvalue weighted by molar-refractivity contribution is 0.567. The third kappa shape index (κ3) is 1.31. The van der Waals surface area contributed by atoms with E-state index in [4.69, 9.17) is 0 Å². The van der Waals surface area contributed by atoms with Crippen LogP contribution in [0.5, 0.6) is 0 Å². The lowest BCUT2D eigenvalue weighted by atomic mass is 10.1. The average Bonchev–Trinajstić information content (AvgIpc) is 2.53. The fraction of sp³-hybridized carbons (Fsp3) is 0.667. The number of hydrogen-bond acceptors (Lipinski definition) is 2. The summed E-state index contributed by atoms with van der Waals surface area (Å²) < 4.78 is 2.09. The minimum absolute atomic E-state index is 1.19. The molecule has 0 atom stereocenters. The van der Waals surface area contributed by atoms with Crippen LogP contribution in [0.2, 0.25) is 0 Å². The molecule has 1 saturated heterocycles.